The first-order chi connectivity index (χ1) is 12.8. The lowest BCUT2D eigenvalue weighted by Gasteiger charge is -2.10. The van der Waals surface area contributed by atoms with Gasteiger partial charge in [0.1, 0.15) is 0 Å². The molecular formula is C19H14BrClN2O3S. The summed E-state index contributed by atoms with van der Waals surface area (Å²) in [6.45, 7) is 0. The van der Waals surface area contributed by atoms with Crippen molar-refractivity contribution < 1.29 is 13.2 Å². The minimum absolute atomic E-state index is 0.0825. The molecule has 5 nitrogen and oxygen atoms in total. The molecule has 2 N–H and O–H groups in total. The fourth-order valence-corrected chi connectivity index (χ4v) is 3.70. The molecule has 0 aliphatic carbocycles. The molecule has 138 valence electrons. The van der Waals surface area contributed by atoms with Gasteiger partial charge in [-0.15, -0.1) is 0 Å². The number of rotatable bonds is 5. The highest BCUT2D eigenvalue weighted by Gasteiger charge is 2.14. The molecule has 0 heterocycles. The van der Waals surface area contributed by atoms with E-state index in [-0.39, 0.29) is 10.8 Å². The van der Waals surface area contributed by atoms with Crippen LogP contribution in [0.25, 0.3) is 0 Å². The molecule has 0 spiro atoms. The Balaban J connectivity index is 1.71. The summed E-state index contributed by atoms with van der Waals surface area (Å²) in [5.41, 5.74) is 1.40. The number of sulfonamides is 1. The first-order valence-electron chi connectivity index (χ1n) is 7.79. The molecule has 0 aliphatic rings. The van der Waals surface area contributed by atoms with E-state index in [1.807, 2.05) is 0 Å². The summed E-state index contributed by atoms with van der Waals surface area (Å²) in [6.07, 6.45) is 0. The second-order valence-electron chi connectivity index (χ2n) is 5.60. The van der Waals surface area contributed by atoms with E-state index in [0.29, 0.717) is 22.0 Å². The number of halogens is 2. The van der Waals surface area contributed by atoms with Crippen LogP contribution in [0.1, 0.15) is 10.4 Å². The molecule has 0 unspecified atom stereocenters. The van der Waals surface area contributed by atoms with Crippen LogP contribution < -0.4 is 10.0 Å². The van der Waals surface area contributed by atoms with Crippen molar-refractivity contribution in [1.29, 1.82) is 0 Å². The van der Waals surface area contributed by atoms with Gasteiger partial charge in [-0.25, -0.2) is 8.42 Å². The standard InChI is InChI=1S/C19H14BrClN2O3S/c20-14-3-1-13(2-4-14)19(24)22-16-9-11-18(12-10-16)27(25,26)23-17-7-5-15(21)6-8-17/h1-12,23H,(H,22,24). The quantitative estimate of drug-likeness (QED) is 0.547. The summed E-state index contributed by atoms with van der Waals surface area (Å²) >= 11 is 9.11. The number of nitrogens with one attached hydrogen (secondary N) is 2. The minimum atomic E-state index is -3.74. The summed E-state index contributed by atoms with van der Waals surface area (Å²) < 4.78 is 28.2. The van der Waals surface area contributed by atoms with Crippen LogP contribution in [0.4, 0.5) is 11.4 Å². The normalized spacial score (nSPS) is 11.0. The van der Waals surface area contributed by atoms with E-state index in [2.05, 4.69) is 26.0 Å². The van der Waals surface area contributed by atoms with Gasteiger partial charge >= 0.3 is 0 Å². The van der Waals surface area contributed by atoms with E-state index in [4.69, 9.17) is 11.6 Å². The lowest BCUT2D eigenvalue weighted by atomic mass is 10.2. The predicted molar refractivity (Wildman–Crippen MR) is 111 cm³/mol. The van der Waals surface area contributed by atoms with Crippen molar-refractivity contribution >= 4 is 54.8 Å². The highest BCUT2D eigenvalue weighted by Crippen LogP contribution is 2.20. The third-order valence-corrected chi connectivity index (χ3v) is 5.80. The van der Waals surface area contributed by atoms with Crippen molar-refractivity contribution in [2.45, 2.75) is 4.90 Å². The highest BCUT2D eigenvalue weighted by molar-refractivity contribution is 9.10. The van der Waals surface area contributed by atoms with Crippen LogP contribution in [0, 0.1) is 0 Å². The smallest absolute Gasteiger partial charge is 0.261 e. The molecule has 0 fully saturated rings. The average molecular weight is 466 g/mol. The van der Waals surface area contributed by atoms with E-state index in [1.165, 1.54) is 24.3 Å². The average Bonchev–Trinajstić information content (AvgIpc) is 2.64. The molecule has 27 heavy (non-hydrogen) atoms. The highest BCUT2D eigenvalue weighted by atomic mass is 79.9. The lowest BCUT2D eigenvalue weighted by molar-refractivity contribution is 0.102. The fraction of sp³-hybridized carbons (Fsp3) is 0. The van der Waals surface area contributed by atoms with Gasteiger partial charge in [-0.1, -0.05) is 27.5 Å². The monoisotopic (exact) mass is 464 g/mol. The van der Waals surface area contributed by atoms with E-state index < -0.39 is 10.0 Å². The predicted octanol–water partition coefficient (Wildman–Crippen LogP) is 5.16. The molecule has 0 radical (unpaired) electrons. The molecule has 0 aliphatic heterocycles. The number of carbonyl (C=O) groups excluding carboxylic acids is 1. The Hall–Kier alpha value is -2.35. The van der Waals surface area contributed by atoms with E-state index >= 15 is 0 Å². The van der Waals surface area contributed by atoms with Crippen LogP contribution in [-0.4, -0.2) is 14.3 Å². The first kappa shape index (κ1) is 19.4. The number of hydrogen-bond donors (Lipinski definition) is 2. The van der Waals surface area contributed by atoms with E-state index in [0.717, 1.165) is 4.47 Å². The van der Waals surface area contributed by atoms with Crippen molar-refractivity contribution in [3.05, 3.63) is 87.9 Å². The second kappa shape index (κ2) is 8.12. The fourth-order valence-electron chi connectivity index (χ4n) is 2.25. The van der Waals surface area contributed by atoms with Crippen LogP contribution in [-0.2, 0) is 10.0 Å². The van der Waals surface area contributed by atoms with Crippen LogP contribution >= 0.6 is 27.5 Å². The minimum Gasteiger partial charge on any atom is -0.322 e. The van der Waals surface area contributed by atoms with Crippen LogP contribution in [0.3, 0.4) is 0 Å². The summed E-state index contributed by atoms with van der Waals surface area (Å²) in [6, 6.07) is 19.2. The van der Waals surface area contributed by atoms with Crippen LogP contribution in [0.5, 0.6) is 0 Å². The maximum Gasteiger partial charge on any atom is 0.261 e. The molecule has 0 saturated carbocycles. The zero-order valence-corrected chi connectivity index (χ0v) is 17.0. The number of amides is 1. The molecule has 8 heteroatoms. The van der Waals surface area contributed by atoms with Gasteiger partial charge in [0, 0.05) is 26.4 Å². The Morgan fingerprint density at radius 1 is 0.815 bits per heavy atom. The molecular weight excluding hydrogens is 452 g/mol. The van der Waals surface area contributed by atoms with Gasteiger partial charge in [0.05, 0.1) is 4.90 Å². The van der Waals surface area contributed by atoms with Gasteiger partial charge < -0.3 is 5.32 Å². The summed E-state index contributed by atoms with van der Waals surface area (Å²) in [5, 5.41) is 3.25. The third-order valence-electron chi connectivity index (χ3n) is 3.63. The Labute approximate surface area is 170 Å². The molecule has 3 rings (SSSR count). The van der Waals surface area contributed by atoms with E-state index in [1.54, 1.807) is 48.5 Å². The van der Waals surface area contributed by atoms with Gasteiger partial charge in [-0.2, -0.15) is 0 Å². The van der Waals surface area contributed by atoms with Crippen molar-refractivity contribution in [3.8, 4) is 0 Å². The zero-order chi connectivity index (χ0) is 19.4. The SMILES string of the molecule is O=C(Nc1ccc(S(=O)(=O)Nc2ccc(Cl)cc2)cc1)c1ccc(Br)cc1. The summed E-state index contributed by atoms with van der Waals surface area (Å²) in [4.78, 5) is 12.3. The number of hydrogen-bond acceptors (Lipinski definition) is 3. The molecule has 1 amide bonds. The number of benzene rings is 3. The first-order valence-corrected chi connectivity index (χ1v) is 10.4. The van der Waals surface area contributed by atoms with Gasteiger partial charge in [0.25, 0.3) is 15.9 Å². The Bertz CT molecular complexity index is 1050. The number of anilines is 2. The Morgan fingerprint density at radius 3 is 1.96 bits per heavy atom. The van der Waals surface area contributed by atoms with E-state index in [9.17, 15) is 13.2 Å². The van der Waals surface area contributed by atoms with Crippen molar-refractivity contribution in [3.63, 3.8) is 0 Å². The van der Waals surface area contributed by atoms with Gasteiger partial charge in [-0.3, -0.25) is 9.52 Å². The Morgan fingerprint density at radius 2 is 1.37 bits per heavy atom. The summed E-state index contributed by atoms with van der Waals surface area (Å²) in [5.74, 6) is -0.280. The molecule has 3 aromatic rings. The van der Waals surface area contributed by atoms with Crippen molar-refractivity contribution in [1.82, 2.24) is 0 Å². The molecule has 0 atom stereocenters. The molecule has 0 aromatic heterocycles. The topological polar surface area (TPSA) is 75.3 Å². The summed E-state index contributed by atoms with van der Waals surface area (Å²) in [7, 11) is -3.74. The third kappa shape index (κ3) is 5.09. The second-order valence-corrected chi connectivity index (χ2v) is 8.63. The lowest BCUT2D eigenvalue weighted by Crippen LogP contribution is -2.14. The number of carbonyl (C=O) groups is 1. The van der Waals surface area contributed by atoms with Crippen molar-refractivity contribution in [2.24, 2.45) is 0 Å². The van der Waals surface area contributed by atoms with Crippen molar-refractivity contribution in [2.75, 3.05) is 10.0 Å². The maximum atomic E-state index is 12.4. The Kier molecular flexibility index (Phi) is 5.84. The molecule has 3 aromatic carbocycles. The molecule has 0 saturated heterocycles. The maximum absolute atomic E-state index is 12.4. The van der Waals surface area contributed by atoms with Gasteiger partial charge in [0.2, 0.25) is 0 Å². The molecule has 0 bridgehead atoms. The van der Waals surface area contributed by atoms with Crippen LogP contribution in [0.15, 0.2) is 82.2 Å². The van der Waals surface area contributed by atoms with Gasteiger partial charge in [0.15, 0.2) is 0 Å². The van der Waals surface area contributed by atoms with Gasteiger partial charge in [-0.05, 0) is 72.8 Å². The van der Waals surface area contributed by atoms with Crippen LogP contribution in [0.2, 0.25) is 5.02 Å². The largest absolute Gasteiger partial charge is 0.322 e. The zero-order valence-electron chi connectivity index (χ0n) is 13.8.